The molecule has 0 aliphatic heterocycles. The highest BCUT2D eigenvalue weighted by atomic mass is 16.5. The van der Waals surface area contributed by atoms with Crippen molar-refractivity contribution in [3.05, 3.63) is 23.8 Å². The molecule has 0 bridgehead atoms. The van der Waals surface area contributed by atoms with Crippen LogP contribution >= 0.6 is 0 Å². The van der Waals surface area contributed by atoms with E-state index in [2.05, 4.69) is 5.32 Å². The van der Waals surface area contributed by atoms with Crippen LogP contribution in [-0.4, -0.2) is 44.0 Å². The molecule has 0 radical (unpaired) electrons. The minimum atomic E-state index is -0.530. The normalized spacial score (nSPS) is 11.8. The number of carbonyl (C=O) groups is 2. The standard InChI is InChI=1S/C17H26N2O4/c1-11(2)16(18-12(3)20)17(21)19(4)10-13-7-8-14(22-5)15(9-13)23-6/h7-9,11,16H,10H2,1-6H3,(H,18,20). The molecular formula is C17H26N2O4. The third kappa shape index (κ3) is 5.16. The topological polar surface area (TPSA) is 67.9 Å². The first-order valence-electron chi connectivity index (χ1n) is 7.53. The Balaban J connectivity index is 2.87. The Labute approximate surface area is 137 Å². The molecule has 0 saturated carbocycles. The molecule has 0 fully saturated rings. The zero-order valence-corrected chi connectivity index (χ0v) is 14.7. The Bertz CT molecular complexity index is 558. The summed E-state index contributed by atoms with van der Waals surface area (Å²) >= 11 is 0. The van der Waals surface area contributed by atoms with Gasteiger partial charge >= 0.3 is 0 Å². The lowest BCUT2D eigenvalue weighted by atomic mass is 10.0. The number of nitrogens with one attached hydrogen (secondary N) is 1. The first-order valence-corrected chi connectivity index (χ1v) is 7.53. The van der Waals surface area contributed by atoms with Gasteiger partial charge in [-0.3, -0.25) is 9.59 Å². The minimum Gasteiger partial charge on any atom is -0.493 e. The van der Waals surface area contributed by atoms with Gasteiger partial charge in [-0.15, -0.1) is 0 Å². The van der Waals surface area contributed by atoms with Crippen LogP contribution in [0.5, 0.6) is 11.5 Å². The first-order chi connectivity index (χ1) is 10.8. The summed E-state index contributed by atoms with van der Waals surface area (Å²) in [6.07, 6.45) is 0. The first kappa shape index (κ1) is 18.8. The van der Waals surface area contributed by atoms with Crippen LogP contribution in [0.3, 0.4) is 0 Å². The van der Waals surface area contributed by atoms with Crippen LogP contribution in [0.25, 0.3) is 0 Å². The summed E-state index contributed by atoms with van der Waals surface area (Å²) in [5, 5.41) is 2.71. The summed E-state index contributed by atoms with van der Waals surface area (Å²) in [7, 11) is 4.87. The van der Waals surface area contributed by atoms with Crippen LogP contribution < -0.4 is 14.8 Å². The average molecular weight is 322 g/mol. The van der Waals surface area contributed by atoms with Crippen LogP contribution in [0.1, 0.15) is 26.3 Å². The Hall–Kier alpha value is -2.24. The number of nitrogens with zero attached hydrogens (tertiary/aromatic N) is 1. The van der Waals surface area contributed by atoms with Crippen LogP contribution in [0.15, 0.2) is 18.2 Å². The van der Waals surface area contributed by atoms with Gasteiger partial charge in [0.1, 0.15) is 6.04 Å². The lowest BCUT2D eigenvalue weighted by Crippen LogP contribution is -2.49. The SMILES string of the molecule is COc1ccc(CN(C)C(=O)C(NC(C)=O)C(C)C)cc1OC. The van der Waals surface area contributed by atoms with E-state index >= 15 is 0 Å². The van der Waals surface area contributed by atoms with Crippen LogP contribution in [0.2, 0.25) is 0 Å². The lowest BCUT2D eigenvalue weighted by molar-refractivity contribution is -0.136. The third-order valence-corrected chi connectivity index (χ3v) is 3.54. The predicted molar refractivity (Wildman–Crippen MR) is 88.5 cm³/mol. The van der Waals surface area contributed by atoms with E-state index in [0.717, 1.165) is 5.56 Å². The molecule has 0 aromatic heterocycles. The Morgan fingerprint density at radius 3 is 2.26 bits per heavy atom. The van der Waals surface area contributed by atoms with Crippen molar-refractivity contribution in [2.24, 2.45) is 5.92 Å². The number of methoxy groups -OCH3 is 2. The number of benzene rings is 1. The van der Waals surface area contributed by atoms with E-state index in [1.165, 1.54) is 6.92 Å². The van der Waals surface area contributed by atoms with E-state index in [0.29, 0.717) is 18.0 Å². The van der Waals surface area contributed by atoms with Gasteiger partial charge in [-0.2, -0.15) is 0 Å². The quantitative estimate of drug-likeness (QED) is 0.831. The molecule has 1 N–H and O–H groups in total. The molecule has 0 aliphatic rings. The molecule has 1 atom stereocenters. The highest BCUT2D eigenvalue weighted by molar-refractivity contribution is 5.86. The second-order valence-corrected chi connectivity index (χ2v) is 5.81. The molecule has 1 rings (SSSR count). The highest BCUT2D eigenvalue weighted by Gasteiger charge is 2.26. The Kier molecular flexibility index (Phi) is 6.88. The smallest absolute Gasteiger partial charge is 0.245 e. The summed E-state index contributed by atoms with van der Waals surface area (Å²) in [4.78, 5) is 25.4. The van der Waals surface area contributed by atoms with Crippen LogP contribution in [0.4, 0.5) is 0 Å². The van der Waals surface area contributed by atoms with Gasteiger partial charge < -0.3 is 19.7 Å². The molecule has 1 aromatic carbocycles. The number of ether oxygens (including phenoxy) is 2. The fourth-order valence-electron chi connectivity index (χ4n) is 2.30. The maximum atomic E-state index is 12.6. The monoisotopic (exact) mass is 322 g/mol. The van der Waals surface area contributed by atoms with Gasteiger partial charge in [0, 0.05) is 20.5 Å². The van der Waals surface area contributed by atoms with Gasteiger partial charge in [-0.05, 0) is 23.6 Å². The zero-order valence-electron chi connectivity index (χ0n) is 14.7. The maximum Gasteiger partial charge on any atom is 0.245 e. The van der Waals surface area contributed by atoms with E-state index in [-0.39, 0.29) is 17.7 Å². The van der Waals surface area contributed by atoms with E-state index in [9.17, 15) is 9.59 Å². The van der Waals surface area contributed by atoms with E-state index in [4.69, 9.17) is 9.47 Å². The van der Waals surface area contributed by atoms with Crippen molar-refractivity contribution in [3.63, 3.8) is 0 Å². The van der Waals surface area contributed by atoms with E-state index in [1.807, 2.05) is 26.0 Å². The predicted octanol–water partition coefficient (Wildman–Crippen LogP) is 1.82. The van der Waals surface area contributed by atoms with E-state index in [1.54, 1.807) is 32.2 Å². The number of hydrogen-bond acceptors (Lipinski definition) is 4. The summed E-state index contributed by atoms with van der Waals surface area (Å²) in [5.74, 6) is 0.942. The van der Waals surface area contributed by atoms with Crippen molar-refractivity contribution in [3.8, 4) is 11.5 Å². The summed E-state index contributed by atoms with van der Waals surface area (Å²) in [6.45, 7) is 5.64. The molecule has 1 aromatic rings. The number of hydrogen-bond donors (Lipinski definition) is 1. The zero-order chi connectivity index (χ0) is 17.6. The molecular weight excluding hydrogens is 296 g/mol. The summed E-state index contributed by atoms with van der Waals surface area (Å²) in [6, 6.07) is 5.00. The van der Waals surface area contributed by atoms with Gasteiger partial charge in [0.05, 0.1) is 14.2 Å². The fraction of sp³-hybridized carbons (Fsp3) is 0.529. The van der Waals surface area contributed by atoms with Crippen LogP contribution in [-0.2, 0) is 16.1 Å². The van der Waals surface area contributed by atoms with Gasteiger partial charge in [0.2, 0.25) is 11.8 Å². The molecule has 0 saturated heterocycles. The van der Waals surface area contributed by atoms with Crippen molar-refractivity contribution in [2.45, 2.75) is 33.4 Å². The molecule has 23 heavy (non-hydrogen) atoms. The lowest BCUT2D eigenvalue weighted by Gasteiger charge is -2.27. The molecule has 0 aliphatic carbocycles. The molecule has 2 amide bonds. The third-order valence-electron chi connectivity index (χ3n) is 3.54. The largest absolute Gasteiger partial charge is 0.493 e. The minimum absolute atomic E-state index is 0.0132. The second kappa shape index (κ2) is 8.41. The van der Waals surface area contributed by atoms with E-state index < -0.39 is 6.04 Å². The molecule has 6 nitrogen and oxygen atoms in total. The molecule has 128 valence electrons. The average Bonchev–Trinajstić information content (AvgIpc) is 2.51. The number of likely N-dealkylation sites (N-methyl/N-ethyl adjacent to an activating group) is 1. The van der Waals surface area contributed by atoms with Crippen molar-refractivity contribution >= 4 is 11.8 Å². The molecule has 0 spiro atoms. The second-order valence-electron chi connectivity index (χ2n) is 5.81. The Morgan fingerprint density at radius 2 is 1.78 bits per heavy atom. The number of amides is 2. The van der Waals surface area contributed by atoms with Gasteiger partial charge in [-0.1, -0.05) is 19.9 Å². The maximum absolute atomic E-state index is 12.6. The van der Waals surface area contributed by atoms with Gasteiger partial charge in [0.25, 0.3) is 0 Å². The summed E-state index contributed by atoms with van der Waals surface area (Å²) in [5.41, 5.74) is 0.920. The fourth-order valence-corrected chi connectivity index (χ4v) is 2.30. The summed E-state index contributed by atoms with van der Waals surface area (Å²) < 4.78 is 10.5. The van der Waals surface area contributed by atoms with Crippen molar-refractivity contribution < 1.29 is 19.1 Å². The Morgan fingerprint density at radius 1 is 1.17 bits per heavy atom. The molecule has 0 heterocycles. The molecule has 1 unspecified atom stereocenters. The highest BCUT2D eigenvalue weighted by Crippen LogP contribution is 2.28. The number of carbonyl (C=O) groups excluding carboxylic acids is 2. The van der Waals surface area contributed by atoms with Crippen molar-refractivity contribution in [1.82, 2.24) is 10.2 Å². The van der Waals surface area contributed by atoms with Gasteiger partial charge in [0.15, 0.2) is 11.5 Å². The molecule has 6 heteroatoms. The van der Waals surface area contributed by atoms with Crippen molar-refractivity contribution in [2.75, 3.05) is 21.3 Å². The number of rotatable bonds is 7. The van der Waals surface area contributed by atoms with Crippen LogP contribution in [0, 0.1) is 5.92 Å². The van der Waals surface area contributed by atoms with Gasteiger partial charge in [-0.25, -0.2) is 0 Å². The van der Waals surface area contributed by atoms with Crippen molar-refractivity contribution in [1.29, 1.82) is 0 Å².